The fourth-order valence-electron chi connectivity index (χ4n) is 1.06. The molecule has 0 spiro atoms. The molecule has 0 aliphatic heterocycles. The molecule has 0 fully saturated rings. The lowest BCUT2D eigenvalue weighted by Crippen LogP contribution is -1.87. The second-order valence-electron chi connectivity index (χ2n) is 2.59. The highest BCUT2D eigenvalue weighted by atomic mass is 79.9. The Kier molecular flexibility index (Phi) is 2.74. The van der Waals surface area contributed by atoms with Crippen molar-refractivity contribution in [1.82, 2.24) is 15.0 Å². The highest BCUT2D eigenvalue weighted by Crippen LogP contribution is 2.24. The molecule has 0 saturated heterocycles. The van der Waals surface area contributed by atoms with Crippen LogP contribution in [0.5, 0.6) is 0 Å². The van der Waals surface area contributed by atoms with Crippen molar-refractivity contribution in [3.63, 3.8) is 0 Å². The Morgan fingerprint density at radius 3 is 2.64 bits per heavy atom. The summed E-state index contributed by atoms with van der Waals surface area (Å²) in [6, 6.07) is 1.89. The normalized spacial score (nSPS) is 10.1. The van der Waals surface area contributed by atoms with Gasteiger partial charge in [-0.3, -0.25) is 9.97 Å². The van der Waals surface area contributed by atoms with Crippen molar-refractivity contribution in [2.75, 3.05) is 0 Å². The van der Waals surface area contributed by atoms with Crippen LogP contribution >= 0.6 is 27.5 Å². The Labute approximate surface area is 94.3 Å². The first kappa shape index (κ1) is 9.55. The zero-order valence-electron chi connectivity index (χ0n) is 6.98. The van der Waals surface area contributed by atoms with E-state index in [1.54, 1.807) is 24.8 Å². The van der Waals surface area contributed by atoms with E-state index in [2.05, 4.69) is 30.9 Å². The molecule has 2 heterocycles. The molecule has 0 aliphatic carbocycles. The molecule has 0 unspecified atom stereocenters. The predicted molar refractivity (Wildman–Crippen MR) is 58.0 cm³/mol. The van der Waals surface area contributed by atoms with Gasteiger partial charge in [0.15, 0.2) is 5.15 Å². The van der Waals surface area contributed by atoms with Gasteiger partial charge in [0.2, 0.25) is 0 Å². The first-order valence-corrected chi connectivity index (χ1v) is 5.02. The van der Waals surface area contributed by atoms with Crippen molar-refractivity contribution in [3.05, 3.63) is 40.5 Å². The summed E-state index contributed by atoms with van der Waals surface area (Å²) in [6.45, 7) is 0. The van der Waals surface area contributed by atoms with Crippen molar-refractivity contribution in [2.24, 2.45) is 0 Å². The molecular formula is C9H5BrClN3. The molecule has 2 rings (SSSR count). The predicted octanol–water partition coefficient (Wildman–Crippen LogP) is 2.95. The van der Waals surface area contributed by atoms with E-state index < -0.39 is 0 Å². The Balaban J connectivity index is 2.55. The fraction of sp³-hybridized carbons (Fsp3) is 0. The van der Waals surface area contributed by atoms with Gasteiger partial charge in [-0.15, -0.1) is 0 Å². The van der Waals surface area contributed by atoms with Crippen LogP contribution in [0.4, 0.5) is 0 Å². The molecule has 0 radical (unpaired) electrons. The maximum absolute atomic E-state index is 5.89. The average Bonchev–Trinajstić information content (AvgIpc) is 2.18. The van der Waals surface area contributed by atoms with Gasteiger partial charge in [-0.2, -0.15) is 0 Å². The number of rotatable bonds is 1. The van der Waals surface area contributed by atoms with E-state index in [1.165, 1.54) is 0 Å². The zero-order valence-corrected chi connectivity index (χ0v) is 9.33. The fourth-order valence-corrected chi connectivity index (χ4v) is 1.64. The highest BCUT2D eigenvalue weighted by molar-refractivity contribution is 9.10. The molecule has 0 atom stereocenters. The molecule has 0 bridgehead atoms. The van der Waals surface area contributed by atoms with Gasteiger partial charge < -0.3 is 0 Å². The van der Waals surface area contributed by atoms with Crippen LogP contribution in [0.3, 0.4) is 0 Å². The van der Waals surface area contributed by atoms with Gasteiger partial charge in [-0.1, -0.05) is 11.6 Å². The van der Waals surface area contributed by atoms with E-state index in [0.29, 0.717) is 10.8 Å². The van der Waals surface area contributed by atoms with Crippen molar-refractivity contribution in [2.45, 2.75) is 0 Å². The summed E-state index contributed by atoms with van der Waals surface area (Å²) < 4.78 is 0.886. The number of aromatic nitrogens is 3. The van der Waals surface area contributed by atoms with E-state index in [4.69, 9.17) is 11.6 Å². The quantitative estimate of drug-likeness (QED) is 0.800. The summed E-state index contributed by atoms with van der Waals surface area (Å²) in [5.74, 6) is 0. The lowest BCUT2D eigenvalue weighted by molar-refractivity contribution is 1.19. The van der Waals surface area contributed by atoms with Crippen molar-refractivity contribution >= 4 is 27.5 Å². The van der Waals surface area contributed by atoms with E-state index in [1.807, 2.05) is 6.07 Å². The molecule has 2 aromatic heterocycles. The van der Waals surface area contributed by atoms with Crippen LogP contribution < -0.4 is 0 Å². The summed E-state index contributed by atoms with van der Waals surface area (Å²) in [4.78, 5) is 12.1. The lowest BCUT2D eigenvalue weighted by Gasteiger charge is -2.01. The van der Waals surface area contributed by atoms with Gasteiger partial charge in [-0.25, -0.2) is 4.98 Å². The Morgan fingerprint density at radius 2 is 1.93 bits per heavy atom. The maximum Gasteiger partial charge on any atom is 0.155 e. The monoisotopic (exact) mass is 269 g/mol. The first-order valence-electron chi connectivity index (χ1n) is 3.85. The van der Waals surface area contributed by atoms with Gasteiger partial charge >= 0.3 is 0 Å². The Hall–Kier alpha value is -1.00. The second-order valence-corrected chi connectivity index (χ2v) is 3.86. The van der Waals surface area contributed by atoms with Crippen LogP contribution in [0.2, 0.25) is 5.15 Å². The Morgan fingerprint density at radius 1 is 1.14 bits per heavy atom. The summed E-state index contributed by atoms with van der Waals surface area (Å²) in [7, 11) is 0. The maximum atomic E-state index is 5.89. The largest absolute Gasteiger partial charge is 0.263 e. The van der Waals surface area contributed by atoms with Gasteiger partial charge in [-0.05, 0) is 22.0 Å². The van der Waals surface area contributed by atoms with Crippen molar-refractivity contribution in [1.29, 1.82) is 0 Å². The smallest absolute Gasteiger partial charge is 0.155 e. The molecule has 0 aliphatic rings. The van der Waals surface area contributed by atoms with Gasteiger partial charge in [0, 0.05) is 34.8 Å². The minimum Gasteiger partial charge on any atom is -0.263 e. The molecule has 70 valence electrons. The summed E-state index contributed by atoms with van der Waals surface area (Å²) in [6.07, 6.45) is 6.55. The van der Waals surface area contributed by atoms with Gasteiger partial charge in [0.25, 0.3) is 0 Å². The highest BCUT2D eigenvalue weighted by Gasteiger charge is 2.05. The minimum absolute atomic E-state index is 0.382. The summed E-state index contributed by atoms with van der Waals surface area (Å²) in [5, 5.41) is 0.382. The van der Waals surface area contributed by atoms with Crippen LogP contribution in [0.15, 0.2) is 35.3 Å². The van der Waals surface area contributed by atoms with Crippen LogP contribution in [-0.2, 0) is 0 Å². The number of pyridine rings is 1. The Bertz CT molecular complexity index is 461. The number of halogens is 2. The van der Waals surface area contributed by atoms with Gasteiger partial charge in [0.1, 0.15) is 5.69 Å². The lowest BCUT2D eigenvalue weighted by atomic mass is 10.2. The molecular weight excluding hydrogens is 265 g/mol. The van der Waals surface area contributed by atoms with Crippen LogP contribution in [-0.4, -0.2) is 15.0 Å². The SMILES string of the molecule is Clc1nccnc1-c1cncc(Br)c1. The molecule has 0 aromatic carbocycles. The summed E-state index contributed by atoms with van der Waals surface area (Å²) in [5.41, 5.74) is 1.49. The van der Waals surface area contributed by atoms with Crippen molar-refractivity contribution in [3.8, 4) is 11.3 Å². The third kappa shape index (κ3) is 1.91. The molecule has 2 aromatic rings. The van der Waals surface area contributed by atoms with E-state index >= 15 is 0 Å². The summed E-state index contributed by atoms with van der Waals surface area (Å²) >= 11 is 9.22. The molecule has 0 N–H and O–H groups in total. The zero-order chi connectivity index (χ0) is 9.97. The second kappa shape index (κ2) is 4.02. The van der Waals surface area contributed by atoms with Gasteiger partial charge in [0.05, 0.1) is 0 Å². The average molecular weight is 271 g/mol. The van der Waals surface area contributed by atoms with E-state index in [-0.39, 0.29) is 0 Å². The van der Waals surface area contributed by atoms with E-state index in [9.17, 15) is 0 Å². The molecule has 3 nitrogen and oxygen atoms in total. The third-order valence-corrected chi connectivity index (χ3v) is 2.34. The third-order valence-electron chi connectivity index (χ3n) is 1.63. The number of hydrogen-bond donors (Lipinski definition) is 0. The molecule has 5 heteroatoms. The van der Waals surface area contributed by atoms with Crippen LogP contribution in [0.25, 0.3) is 11.3 Å². The topological polar surface area (TPSA) is 38.7 Å². The first-order chi connectivity index (χ1) is 6.77. The van der Waals surface area contributed by atoms with Crippen molar-refractivity contribution < 1.29 is 0 Å². The molecule has 0 saturated carbocycles. The van der Waals surface area contributed by atoms with Crippen LogP contribution in [0.1, 0.15) is 0 Å². The number of hydrogen-bond acceptors (Lipinski definition) is 3. The minimum atomic E-state index is 0.382. The van der Waals surface area contributed by atoms with Crippen LogP contribution in [0, 0.1) is 0 Å². The van der Waals surface area contributed by atoms with E-state index in [0.717, 1.165) is 10.0 Å². The molecule has 14 heavy (non-hydrogen) atoms. The number of nitrogens with zero attached hydrogens (tertiary/aromatic N) is 3. The molecule has 0 amide bonds. The standard InChI is InChI=1S/C9H5BrClN3/c10-7-3-6(4-12-5-7)8-9(11)14-2-1-13-8/h1-5H.